The number of nitrogens with zero attached hydrogens (tertiary/aromatic N) is 1. The van der Waals surface area contributed by atoms with E-state index in [4.69, 9.17) is 5.73 Å². The Labute approximate surface area is 101 Å². The molecule has 2 aliphatic carbocycles. The van der Waals surface area contributed by atoms with Crippen LogP contribution in [0.3, 0.4) is 0 Å². The lowest BCUT2D eigenvalue weighted by Gasteiger charge is -2.42. The Morgan fingerprint density at radius 1 is 1.19 bits per heavy atom. The van der Waals surface area contributed by atoms with Gasteiger partial charge in [-0.15, -0.1) is 0 Å². The van der Waals surface area contributed by atoms with Crippen molar-refractivity contribution in [2.24, 2.45) is 17.6 Å². The minimum atomic E-state index is 0.426. The predicted octanol–water partition coefficient (Wildman–Crippen LogP) is 2.62. The van der Waals surface area contributed by atoms with Crippen molar-refractivity contribution in [3.05, 3.63) is 0 Å². The maximum absolute atomic E-state index is 6.34. The molecule has 0 bridgehead atoms. The third-order valence-corrected chi connectivity index (χ3v) is 4.66. The predicted molar refractivity (Wildman–Crippen MR) is 69.3 cm³/mol. The second-order valence-corrected chi connectivity index (χ2v) is 6.11. The highest BCUT2D eigenvalue weighted by molar-refractivity contribution is 4.95. The standard InChI is InChI=1S/C14H28N2/c1-4-16(12-6-7-12)14-9-11(10(2)3)5-8-13(14)15/h10-14H,4-9,15H2,1-3H3. The van der Waals surface area contributed by atoms with Gasteiger partial charge in [0.2, 0.25) is 0 Å². The summed E-state index contributed by atoms with van der Waals surface area (Å²) in [4.78, 5) is 2.69. The summed E-state index contributed by atoms with van der Waals surface area (Å²) in [5.41, 5.74) is 6.34. The molecule has 0 spiro atoms. The molecule has 2 N–H and O–H groups in total. The molecule has 2 heteroatoms. The Hall–Kier alpha value is -0.0800. The first-order valence-electron chi connectivity index (χ1n) is 7.14. The molecule has 2 rings (SSSR count). The van der Waals surface area contributed by atoms with Crippen molar-refractivity contribution in [1.82, 2.24) is 4.90 Å². The van der Waals surface area contributed by atoms with E-state index in [9.17, 15) is 0 Å². The largest absolute Gasteiger partial charge is 0.326 e. The fraction of sp³-hybridized carbons (Fsp3) is 1.00. The topological polar surface area (TPSA) is 29.3 Å². The second kappa shape index (κ2) is 5.05. The van der Waals surface area contributed by atoms with Crippen LogP contribution in [-0.4, -0.2) is 29.6 Å². The van der Waals surface area contributed by atoms with Gasteiger partial charge in [0.25, 0.3) is 0 Å². The van der Waals surface area contributed by atoms with E-state index < -0.39 is 0 Å². The van der Waals surface area contributed by atoms with Crippen LogP contribution in [0.15, 0.2) is 0 Å². The van der Waals surface area contributed by atoms with Gasteiger partial charge in [-0.2, -0.15) is 0 Å². The molecule has 2 aliphatic rings. The molecule has 3 atom stereocenters. The van der Waals surface area contributed by atoms with Gasteiger partial charge in [-0.25, -0.2) is 0 Å². The molecule has 0 saturated heterocycles. The smallest absolute Gasteiger partial charge is 0.0252 e. The van der Waals surface area contributed by atoms with Gasteiger partial charge in [0.05, 0.1) is 0 Å². The van der Waals surface area contributed by atoms with E-state index in [2.05, 4.69) is 25.7 Å². The van der Waals surface area contributed by atoms with Crippen LogP contribution in [0, 0.1) is 11.8 Å². The van der Waals surface area contributed by atoms with Crippen molar-refractivity contribution in [2.45, 2.75) is 71.0 Å². The molecule has 16 heavy (non-hydrogen) atoms. The van der Waals surface area contributed by atoms with Crippen LogP contribution in [0.4, 0.5) is 0 Å². The first-order chi connectivity index (χ1) is 7.63. The Morgan fingerprint density at radius 2 is 1.88 bits per heavy atom. The van der Waals surface area contributed by atoms with E-state index in [1.54, 1.807) is 0 Å². The zero-order chi connectivity index (χ0) is 11.7. The summed E-state index contributed by atoms with van der Waals surface area (Å²) in [5.74, 6) is 1.73. The lowest BCUT2D eigenvalue weighted by molar-refractivity contribution is 0.0946. The number of nitrogens with two attached hydrogens (primary N) is 1. The number of hydrogen-bond acceptors (Lipinski definition) is 2. The van der Waals surface area contributed by atoms with Gasteiger partial charge < -0.3 is 5.73 Å². The Morgan fingerprint density at radius 3 is 2.38 bits per heavy atom. The highest BCUT2D eigenvalue weighted by atomic mass is 15.2. The van der Waals surface area contributed by atoms with Crippen molar-refractivity contribution in [3.8, 4) is 0 Å². The molecule has 2 saturated carbocycles. The molecule has 0 aromatic heterocycles. The fourth-order valence-electron chi connectivity index (χ4n) is 3.36. The Bertz CT molecular complexity index is 223. The van der Waals surface area contributed by atoms with Crippen LogP contribution in [-0.2, 0) is 0 Å². The molecule has 0 amide bonds. The van der Waals surface area contributed by atoms with Crippen molar-refractivity contribution < 1.29 is 0 Å². The Balaban J connectivity index is 1.99. The summed E-state index contributed by atoms with van der Waals surface area (Å²) in [6, 6.07) is 1.96. The maximum atomic E-state index is 6.34. The van der Waals surface area contributed by atoms with Crippen LogP contribution in [0.25, 0.3) is 0 Å². The van der Waals surface area contributed by atoms with E-state index in [1.807, 2.05) is 0 Å². The highest BCUT2D eigenvalue weighted by Gasteiger charge is 2.39. The van der Waals surface area contributed by atoms with Crippen LogP contribution in [0.2, 0.25) is 0 Å². The molecule has 0 heterocycles. The van der Waals surface area contributed by atoms with Crippen LogP contribution in [0.1, 0.15) is 52.9 Å². The third-order valence-electron chi connectivity index (χ3n) is 4.66. The molecule has 0 aliphatic heterocycles. The van der Waals surface area contributed by atoms with Crippen molar-refractivity contribution in [3.63, 3.8) is 0 Å². The number of hydrogen-bond donors (Lipinski definition) is 1. The molecular formula is C14H28N2. The van der Waals surface area contributed by atoms with Gasteiger partial charge in [0, 0.05) is 18.1 Å². The first-order valence-corrected chi connectivity index (χ1v) is 7.14. The molecule has 2 fully saturated rings. The zero-order valence-electron chi connectivity index (χ0n) is 11.2. The van der Waals surface area contributed by atoms with E-state index >= 15 is 0 Å². The second-order valence-electron chi connectivity index (χ2n) is 6.11. The molecule has 2 nitrogen and oxygen atoms in total. The lowest BCUT2D eigenvalue weighted by Crippen LogP contribution is -2.52. The average Bonchev–Trinajstić information content (AvgIpc) is 3.05. The molecule has 0 aromatic rings. The summed E-state index contributed by atoms with van der Waals surface area (Å²) >= 11 is 0. The first kappa shape index (κ1) is 12.4. The normalized spacial score (nSPS) is 36.0. The monoisotopic (exact) mass is 224 g/mol. The van der Waals surface area contributed by atoms with Gasteiger partial charge >= 0.3 is 0 Å². The van der Waals surface area contributed by atoms with Gasteiger partial charge in [0.1, 0.15) is 0 Å². The van der Waals surface area contributed by atoms with E-state index in [-0.39, 0.29) is 0 Å². The quantitative estimate of drug-likeness (QED) is 0.795. The van der Waals surface area contributed by atoms with Gasteiger partial charge in [-0.1, -0.05) is 20.8 Å². The van der Waals surface area contributed by atoms with E-state index in [0.717, 1.165) is 17.9 Å². The summed E-state index contributed by atoms with van der Waals surface area (Å²) in [7, 11) is 0. The fourth-order valence-corrected chi connectivity index (χ4v) is 3.36. The van der Waals surface area contributed by atoms with Gasteiger partial charge in [-0.05, 0) is 50.5 Å². The molecule has 0 radical (unpaired) electrons. The van der Waals surface area contributed by atoms with Crippen molar-refractivity contribution in [1.29, 1.82) is 0 Å². The lowest BCUT2D eigenvalue weighted by atomic mass is 9.76. The van der Waals surface area contributed by atoms with E-state index in [0.29, 0.717) is 12.1 Å². The van der Waals surface area contributed by atoms with Gasteiger partial charge in [0.15, 0.2) is 0 Å². The summed E-state index contributed by atoms with van der Waals surface area (Å²) in [6.45, 7) is 8.22. The SMILES string of the molecule is CCN(C1CC1)C1CC(C(C)C)CCC1N. The molecule has 94 valence electrons. The third kappa shape index (κ3) is 2.60. The summed E-state index contributed by atoms with van der Waals surface area (Å²) in [6.07, 6.45) is 6.73. The minimum Gasteiger partial charge on any atom is -0.326 e. The van der Waals surface area contributed by atoms with Crippen molar-refractivity contribution in [2.75, 3.05) is 6.54 Å². The zero-order valence-corrected chi connectivity index (χ0v) is 11.2. The maximum Gasteiger partial charge on any atom is 0.0252 e. The summed E-state index contributed by atoms with van der Waals surface area (Å²) < 4.78 is 0. The highest BCUT2D eigenvalue weighted by Crippen LogP contribution is 2.36. The number of likely N-dealkylation sites (N-methyl/N-ethyl adjacent to an activating group) is 1. The van der Waals surface area contributed by atoms with Crippen LogP contribution in [0.5, 0.6) is 0 Å². The molecule has 3 unspecified atom stereocenters. The molecule has 0 aromatic carbocycles. The Kier molecular flexibility index (Phi) is 3.91. The number of rotatable bonds is 4. The van der Waals surface area contributed by atoms with Crippen LogP contribution < -0.4 is 5.73 Å². The van der Waals surface area contributed by atoms with Crippen LogP contribution >= 0.6 is 0 Å². The average molecular weight is 224 g/mol. The van der Waals surface area contributed by atoms with Gasteiger partial charge in [-0.3, -0.25) is 4.90 Å². The summed E-state index contributed by atoms with van der Waals surface area (Å²) in [5, 5.41) is 0. The minimum absolute atomic E-state index is 0.426. The molecular weight excluding hydrogens is 196 g/mol. The van der Waals surface area contributed by atoms with Crippen molar-refractivity contribution >= 4 is 0 Å². The van der Waals surface area contributed by atoms with E-state index in [1.165, 1.54) is 38.6 Å².